The fourth-order valence-corrected chi connectivity index (χ4v) is 6.50. The summed E-state index contributed by atoms with van der Waals surface area (Å²) in [7, 11) is 0. The van der Waals surface area contributed by atoms with Gasteiger partial charge in [0.25, 0.3) is 5.56 Å². The van der Waals surface area contributed by atoms with Gasteiger partial charge in [0.1, 0.15) is 11.6 Å². The van der Waals surface area contributed by atoms with Gasteiger partial charge < -0.3 is 20.3 Å². The van der Waals surface area contributed by atoms with Crippen LogP contribution in [0.2, 0.25) is 0 Å². The Morgan fingerprint density at radius 2 is 1.86 bits per heavy atom. The molecule has 0 saturated carbocycles. The molecule has 3 aromatic carbocycles. The van der Waals surface area contributed by atoms with E-state index in [4.69, 9.17) is 15.0 Å². The maximum atomic E-state index is 14.7. The van der Waals surface area contributed by atoms with Crippen LogP contribution in [0.3, 0.4) is 0 Å². The lowest BCUT2D eigenvalue weighted by molar-refractivity contribution is -0.140. The van der Waals surface area contributed by atoms with E-state index in [1.807, 2.05) is 25.1 Å². The molecule has 3 amide bonds. The topological polar surface area (TPSA) is 142 Å². The maximum absolute atomic E-state index is 14.7. The number of allylic oxidation sites excluding steroid dienone is 2. The van der Waals surface area contributed by atoms with E-state index < -0.39 is 47.5 Å². The quantitative estimate of drug-likeness (QED) is 0.118. The molecule has 57 heavy (non-hydrogen) atoms. The molecule has 1 aliphatic carbocycles. The van der Waals surface area contributed by atoms with Gasteiger partial charge in [0.05, 0.1) is 46.7 Å². The van der Waals surface area contributed by atoms with Crippen LogP contribution < -0.4 is 16.2 Å². The zero-order chi connectivity index (χ0) is 40.5. The average molecular weight is 780 g/mol. The molecule has 6 rings (SSSR count). The number of para-hydroxylation sites is 1. The molecule has 0 spiro atoms. The monoisotopic (exact) mass is 779 g/mol. The third-order valence-corrected chi connectivity index (χ3v) is 9.22. The van der Waals surface area contributed by atoms with Crippen LogP contribution in [0.15, 0.2) is 114 Å². The van der Waals surface area contributed by atoms with E-state index in [0.717, 1.165) is 6.07 Å². The van der Waals surface area contributed by atoms with Crippen molar-refractivity contribution in [2.45, 2.75) is 51.1 Å². The van der Waals surface area contributed by atoms with Crippen LogP contribution in [0.4, 0.5) is 28.0 Å². The van der Waals surface area contributed by atoms with Crippen LogP contribution in [-0.4, -0.2) is 50.6 Å². The maximum Gasteiger partial charge on any atom is 0.419 e. The third-order valence-electron chi connectivity index (χ3n) is 9.22. The van der Waals surface area contributed by atoms with E-state index in [0.29, 0.717) is 58.6 Å². The number of alkyl halides is 3. The summed E-state index contributed by atoms with van der Waals surface area (Å²) in [4.78, 5) is 52.6. The first-order chi connectivity index (χ1) is 27.4. The first kappa shape index (κ1) is 40.0. The minimum atomic E-state index is -4.93. The van der Waals surface area contributed by atoms with E-state index in [-0.39, 0.29) is 37.0 Å². The summed E-state index contributed by atoms with van der Waals surface area (Å²) >= 11 is 0. The lowest BCUT2D eigenvalue weighted by Crippen LogP contribution is -2.41. The molecule has 2 N–H and O–H groups in total. The Morgan fingerprint density at radius 3 is 2.53 bits per heavy atom. The van der Waals surface area contributed by atoms with Gasteiger partial charge in [-0.15, -0.1) is 0 Å². The van der Waals surface area contributed by atoms with Gasteiger partial charge in [-0.05, 0) is 91.6 Å². The number of halogens is 4. The molecular weight excluding hydrogens is 742 g/mol. The predicted octanol–water partition coefficient (Wildman–Crippen LogP) is 7.55. The summed E-state index contributed by atoms with van der Waals surface area (Å²) in [5.74, 6) is -2.00. The minimum Gasteiger partial charge on any atom is -0.374 e. The summed E-state index contributed by atoms with van der Waals surface area (Å²) in [6.45, 7) is 2.20. The Hall–Kier alpha value is -6.66. The van der Waals surface area contributed by atoms with Crippen LogP contribution in [0.5, 0.6) is 0 Å². The summed E-state index contributed by atoms with van der Waals surface area (Å²) in [6, 6.07) is 19.1. The fraction of sp³-hybridized carbons (Fsp3) is 0.238. The molecule has 292 valence electrons. The Bertz CT molecular complexity index is 2410. The van der Waals surface area contributed by atoms with Crippen LogP contribution in [-0.2, 0) is 28.7 Å². The second-order valence-electron chi connectivity index (χ2n) is 13.1. The number of fused-ring (bicyclic) bond motifs is 1. The number of hydrogen-bond donors (Lipinski definition) is 2. The largest absolute Gasteiger partial charge is 0.419 e. The molecule has 0 bridgehead atoms. The number of carbonyl (C=O) groups is 2. The van der Waals surface area contributed by atoms with Crippen LogP contribution >= 0.6 is 0 Å². The normalized spacial score (nSPS) is 14.4. The molecule has 2 atom stereocenters. The zero-order valence-corrected chi connectivity index (χ0v) is 30.7. The molecule has 11 nitrogen and oxygen atoms in total. The first-order valence-electron chi connectivity index (χ1n) is 18.1. The summed E-state index contributed by atoms with van der Waals surface area (Å²) < 4.78 is 62.2. The number of benzene rings is 3. The molecule has 2 heterocycles. The molecule has 2 unspecified atom stereocenters. The Balaban J connectivity index is 1.44. The second kappa shape index (κ2) is 17.9. The van der Waals surface area contributed by atoms with Crippen LogP contribution in [0, 0.1) is 17.1 Å². The van der Waals surface area contributed by atoms with Crippen LogP contribution in [0.1, 0.15) is 53.9 Å². The number of aromatic nitrogens is 3. The van der Waals surface area contributed by atoms with Crippen molar-refractivity contribution in [3.05, 3.63) is 154 Å². The SMILES string of the molecule is CCOC1C=CC(n2c(C(CCNC(=O)Nc3ccc(C#N)cc3)N(Cc3cccnc3)C(=O)Cc3ccc(C(F)(F)F)c(F)c3)nc3ccccc3c2=O)=CC1. The van der Waals surface area contributed by atoms with E-state index in [1.165, 1.54) is 9.47 Å². The highest BCUT2D eigenvalue weighted by Gasteiger charge is 2.35. The molecular formula is C42H37F4N7O4. The third kappa shape index (κ3) is 9.78. The fourth-order valence-electron chi connectivity index (χ4n) is 6.50. The molecule has 0 fully saturated rings. The van der Waals surface area contributed by atoms with E-state index in [1.54, 1.807) is 79.1 Å². The molecule has 2 aromatic heterocycles. The van der Waals surface area contributed by atoms with E-state index in [9.17, 15) is 31.9 Å². The van der Waals surface area contributed by atoms with Crippen molar-refractivity contribution < 1.29 is 31.9 Å². The van der Waals surface area contributed by atoms with Crippen molar-refractivity contribution in [3.63, 3.8) is 0 Å². The van der Waals surface area contributed by atoms with Crippen molar-refractivity contribution in [1.29, 1.82) is 5.26 Å². The average Bonchev–Trinajstić information content (AvgIpc) is 3.19. The van der Waals surface area contributed by atoms with E-state index in [2.05, 4.69) is 15.6 Å². The number of rotatable bonds is 13. The van der Waals surface area contributed by atoms with Gasteiger partial charge in [-0.25, -0.2) is 14.2 Å². The van der Waals surface area contributed by atoms with Gasteiger partial charge in [0, 0.05) is 43.5 Å². The van der Waals surface area contributed by atoms with Crippen molar-refractivity contribution in [2.24, 2.45) is 0 Å². The number of nitrogens with zero attached hydrogens (tertiary/aromatic N) is 5. The number of ether oxygens (including phenoxy) is 1. The van der Waals surface area contributed by atoms with Gasteiger partial charge in [0.15, 0.2) is 0 Å². The first-order valence-corrected chi connectivity index (χ1v) is 18.1. The smallest absolute Gasteiger partial charge is 0.374 e. The van der Waals surface area contributed by atoms with Crippen molar-refractivity contribution in [2.75, 3.05) is 18.5 Å². The Labute approximate surface area is 324 Å². The molecule has 0 radical (unpaired) electrons. The molecule has 5 aromatic rings. The molecule has 1 aliphatic rings. The van der Waals surface area contributed by atoms with Crippen LogP contribution in [0.25, 0.3) is 16.6 Å². The standard InChI is InChI=1S/C42H37F4N7O4/c1-2-57-32-16-14-31(15-17-32)53-39(51-36-8-4-3-7-33(36)40(53)55)37(19-21-49-41(56)50-30-12-9-27(24-47)10-13-30)52(26-29-6-5-20-48-25-29)38(54)23-28-11-18-34(35(43)22-28)42(44,45)46/h3-16,18,20,22,25,32,37H,2,17,19,21,23,26H2,1H3,(H2,49,50,56). The highest BCUT2D eigenvalue weighted by Crippen LogP contribution is 2.33. The number of nitrogens with one attached hydrogen (secondary N) is 2. The Kier molecular flexibility index (Phi) is 12.5. The minimum absolute atomic E-state index is 0.00247. The number of hydrogen-bond acceptors (Lipinski definition) is 7. The zero-order valence-electron chi connectivity index (χ0n) is 30.7. The number of pyridine rings is 1. The lowest BCUT2D eigenvalue weighted by atomic mass is 10.0. The van der Waals surface area contributed by atoms with Gasteiger partial charge in [-0.3, -0.25) is 19.1 Å². The van der Waals surface area contributed by atoms with Crippen molar-refractivity contribution in [1.82, 2.24) is 24.8 Å². The van der Waals surface area contributed by atoms with Gasteiger partial charge >= 0.3 is 12.2 Å². The lowest BCUT2D eigenvalue weighted by Gasteiger charge is -2.34. The molecule has 0 aliphatic heterocycles. The molecule has 0 saturated heterocycles. The Morgan fingerprint density at radius 1 is 1.07 bits per heavy atom. The summed E-state index contributed by atoms with van der Waals surface area (Å²) in [5.41, 5.74) is 0.334. The van der Waals surface area contributed by atoms with Gasteiger partial charge in [-0.1, -0.05) is 36.4 Å². The highest BCUT2D eigenvalue weighted by molar-refractivity contribution is 5.89. The second-order valence-corrected chi connectivity index (χ2v) is 13.1. The number of amides is 3. The number of carbonyl (C=O) groups excluding carboxylic acids is 2. The van der Waals surface area contributed by atoms with Crippen molar-refractivity contribution >= 4 is 34.2 Å². The van der Waals surface area contributed by atoms with Gasteiger partial charge in [0.2, 0.25) is 5.91 Å². The number of urea groups is 1. The summed E-state index contributed by atoms with van der Waals surface area (Å²) in [5, 5.41) is 14.9. The predicted molar refractivity (Wildman–Crippen MR) is 205 cm³/mol. The van der Waals surface area contributed by atoms with E-state index >= 15 is 0 Å². The number of nitriles is 1. The number of anilines is 1. The highest BCUT2D eigenvalue weighted by atomic mass is 19.4. The summed E-state index contributed by atoms with van der Waals surface area (Å²) in [6.07, 6.45) is 3.27. The van der Waals surface area contributed by atoms with Crippen molar-refractivity contribution in [3.8, 4) is 6.07 Å². The van der Waals surface area contributed by atoms with Gasteiger partial charge in [-0.2, -0.15) is 18.4 Å². The molecule has 15 heteroatoms.